The highest BCUT2D eigenvalue weighted by atomic mass is 79.9. The third kappa shape index (κ3) is 3.21. The molecule has 2 aliphatic rings. The molecule has 0 radical (unpaired) electrons. The Labute approximate surface area is 165 Å². The molecule has 1 aromatic heterocycles. The number of nitrogens with zero attached hydrogens (tertiary/aromatic N) is 2. The van der Waals surface area contributed by atoms with Gasteiger partial charge in [0.1, 0.15) is 0 Å². The van der Waals surface area contributed by atoms with E-state index in [0.717, 1.165) is 47.5 Å². The largest absolute Gasteiger partial charge is 0.481 e. The standard InChI is InChI=1S/C19H19BrClN3O2/c1-26-18-12(8-24-10-19(11-24)7-16(25)22-9-19)5-6-15(23-18)13-3-2-4-14(20)17(13)21/h2-6H,7-11H2,1H3,(H,22,25). The van der Waals surface area contributed by atoms with Crippen LogP contribution in [0.3, 0.4) is 0 Å². The molecular formula is C19H19BrClN3O2. The van der Waals surface area contributed by atoms with Crippen LogP contribution in [0.15, 0.2) is 34.8 Å². The zero-order valence-electron chi connectivity index (χ0n) is 14.4. The number of amides is 1. The zero-order valence-corrected chi connectivity index (χ0v) is 16.7. The third-order valence-corrected chi connectivity index (χ3v) is 6.36. The number of carbonyl (C=O) groups excluding carboxylic acids is 1. The molecule has 2 aliphatic heterocycles. The summed E-state index contributed by atoms with van der Waals surface area (Å²) in [5, 5.41) is 3.57. The number of likely N-dealkylation sites (tertiary alicyclic amines) is 1. The zero-order chi connectivity index (χ0) is 18.3. The molecule has 0 aliphatic carbocycles. The molecule has 0 bridgehead atoms. The van der Waals surface area contributed by atoms with Gasteiger partial charge in [0.25, 0.3) is 0 Å². The van der Waals surface area contributed by atoms with Gasteiger partial charge in [-0.15, -0.1) is 0 Å². The fraction of sp³-hybridized carbons (Fsp3) is 0.368. The molecule has 3 heterocycles. The van der Waals surface area contributed by atoms with Crippen LogP contribution in [0.25, 0.3) is 11.3 Å². The molecule has 1 spiro atoms. The molecular weight excluding hydrogens is 418 g/mol. The second kappa shape index (κ2) is 6.83. The molecule has 1 aromatic carbocycles. The Hall–Kier alpha value is -1.63. The van der Waals surface area contributed by atoms with Gasteiger partial charge in [-0.3, -0.25) is 9.69 Å². The average molecular weight is 437 g/mol. The van der Waals surface area contributed by atoms with Crippen molar-refractivity contribution in [3.05, 3.63) is 45.4 Å². The highest BCUT2D eigenvalue weighted by molar-refractivity contribution is 9.10. The maximum atomic E-state index is 11.5. The maximum Gasteiger partial charge on any atom is 0.220 e. The van der Waals surface area contributed by atoms with Crippen molar-refractivity contribution >= 4 is 33.4 Å². The van der Waals surface area contributed by atoms with Crippen LogP contribution in [0.5, 0.6) is 5.88 Å². The summed E-state index contributed by atoms with van der Waals surface area (Å²) < 4.78 is 6.36. The summed E-state index contributed by atoms with van der Waals surface area (Å²) in [7, 11) is 1.63. The van der Waals surface area contributed by atoms with Crippen molar-refractivity contribution in [1.82, 2.24) is 15.2 Å². The highest BCUT2D eigenvalue weighted by Crippen LogP contribution is 2.39. The summed E-state index contributed by atoms with van der Waals surface area (Å²) in [5.74, 6) is 0.777. The van der Waals surface area contributed by atoms with Crippen LogP contribution in [0, 0.1) is 5.41 Å². The minimum absolute atomic E-state index is 0.127. The van der Waals surface area contributed by atoms with Gasteiger partial charge in [0.05, 0.1) is 17.8 Å². The number of rotatable bonds is 4. The number of ether oxygens (including phenoxy) is 1. The van der Waals surface area contributed by atoms with Crippen molar-refractivity contribution in [3.63, 3.8) is 0 Å². The van der Waals surface area contributed by atoms with Crippen LogP contribution >= 0.6 is 27.5 Å². The van der Waals surface area contributed by atoms with Crippen molar-refractivity contribution in [2.75, 3.05) is 26.7 Å². The summed E-state index contributed by atoms with van der Waals surface area (Å²) in [6, 6.07) is 9.80. The van der Waals surface area contributed by atoms with Gasteiger partial charge >= 0.3 is 0 Å². The van der Waals surface area contributed by atoms with E-state index in [2.05, 4.69) is 31.1 Å². The predicted octanol–water partition coefficient (Wildman–Crippen LogP) is 3.50. The molecule has 5 nitrogen and oxygen atoms in total. The first-order chi connectivity index (χ1) is 12.5. The summed E-state index contributed by atoms with van der Waals surface area (Å²) >= 11 is 9.84. The van der Waals surface area contributed by atoms with Gasteiger partial charge in [0.2, 0.25) is 11.8 Å². The van der Waals surface area contributed by atoms with E-state index in [0.29, 0.717) is 17.3 Å². The van der Waals surface area contributed by atoms with Crippen LogP contribution in [-0.4, -0.2) is 42.5 Å². The summed E-state index contributed by atoms with van der Waals surface area (Å²) in [6.45, 7) is 3.40. The number of methoxy groups -OCH3 is 1. The lowest BCUT2D eigenvalue weighted by atomic mass is 9.79. The number of nitrogens with one attached hydrogen (secondary N) is 1. The van der Waals surface area contributed by atoms with Crippen molar-refractivity contribution in [2.24, 2.45) is 5.41 Å². The molecule has 2 aromatic rings. The lowest BCUT2D eigenvalue weighted by molar-refractivity contribution is -0.120. The molecule has 0 saturated carbocycles. The first kappa shape index (κ1) is 17.8. The highest BCUT2D eigenvalue weighted by Gasteiger charge is 2.47. The third-order valence-electron chi connectivity index (χ3n) is 5.07. The average Bonchev–Trinajstić information content (AvgIpc) is 2.99. The predicted molar refractivity (Wildman–Crippen MR) is 104 cm³/mol. The molecule has 7 heteroatoms. The summed E-state index contributed by atoms with van der Waals surface area (Å²) in [4.78, 5) is 18.4. The Morgan fingerprint density at radius 2 is 2.15 bits per heavy atom. The van der Waals surface area contributed by atoms with E-state index in [1.807, 2.05) is 30.3 Å². The minimum atomic E-state index is 0.127. The Balaban J connectivity index is 1.51. The second-order valence-corrected chi connectivity index (χ2v) is 8.30. The molecule has 26 heavy (non-hydrogen) atoms. The number of carbonyl (C=O) groups is 1. The van der Waals surface area contributed by atoms with E-state index >= 15 is 0 Å². The van der Waals surface area contributed by atoms with E-state index in [1.54, 1.807) is 7.11 Å². The first-order valence-electron chi connectivity index (χ1n) is 8.47. The fourth-order valence-electron chi connectivity index (χ4n) is 3.85. The molecule has 136 valence electrons. The number of hydrogen-bond acceptors (Lipinski definition) is 4. The quantitative estimate of drug-likeness (QED) is 0.797. The Bertz CT molecular complexity index is 868. The molecule has 4 rings (SSSR count). The topological polar surface area (TPSA) is 54.5 Å². The monoisotopic (exact) mass is 435 g/mol. The van der Waals surface area contributed by atoms with Gasteiger partial charge in [0, 0.05) is 53.6 Å². The van der Waals surface area contributed by atoms with Gasteiger partial charge in [-0.2, -0.15) is 0 Å². The van der Waals surface area contributed by atoms with Crippen LogP contribution in [0.4, 0.5) is 0 Å². The van der Waals surface area contributed by atoms with Gasteiger partial charge in [-0.05, 0) is 28.1 Å². The Kier molecular flexibility index (Phi) is 4.67. The van der Waals surface area contributed by atoms with Gasteiger partial charge in [-0.25, -0.2) is 4.98 Å². The normalized spacial score (nSPS) is 18.7. The first-order valence-corrected chi connectivity index (χ1v) is 9.64. The minimum Gasteiger partial charge on any atom is -0.481 e. The molecule has 0 unspecified atom stereocenters. The SMILES string of the molecule is COc1nc(-c2cccc(Br)c2Cl)ccc1CN1CC2(CNC(=O)C2)C1. The van der Waals surface area contributed by atoms with Crippen molar-refractivity contribution < 1.29 is 9.53 Å². The van der Waals surface area contributed by atoms with Gasteiger partial charge < -0.3 is 10.1 Å². The van der Waals surface area contributed by atoms with Crippen LogP contribution < -0.4 is 10.1 Å². The number of halogens is 2. The van der Waals surface area contributed by atoms with E-state index in [9.17, 15) is 4.79 Å². The maximum absolute atomic E-state index is 11.5. The van der Waals surface area contributed by atoms with Gasteiger partial charge in [-0.1, -0.05) is 29.8 Å². The fourth-order valence-corrected chi connectivity index (χ4v) is 4.44. The van der Waals surface area contributed by atoms with Crippen molar-refractivity contribution in [3.8, 4) is 17.1 Å². The van der Waals surface area contributed by atoms with Crippen molar-refractivity contribution in [1.29, 1.82) is 0 Å². The lowest BCUT2D eigenvalue weighted by Crippen LogP contribution is -2.56. The molecule has 2 saturated heterocycles. The Morgan fingerprint density at radius 1 is 1.35 bits per heavy atom. The molecule has 1 amide bonds. The van der Waals surface area contributed by atoms with Gasteiger partial charge in [0.15, 0.2) is 0 Å². The molecule has 0 atom stereocenters. The number of benzene rings is 1. The summed E-state index contributed by atoms with van der Waals surface area (Å²) in [5.41, 5.74) is 2.81. The second-order valence-electron chi connectivity index (χ2n) is 7.06. The van der Waals surface area contributed by atoms with E-state index < -0.39 is 0 Å². The Morgan fingerprint density at radius 3 is 2.85 bits per heavy atom. The number of pyridine rings is 1. The summed E-state index contributed by atoms with van der Waals surface area (Å²) in [6.07, 6.45) is 0.638. The van der Waals surface area contributed by atoms with E-state index in [4.69, 9.17) is 16.3 Å². The number of aromatic nitrogens is 1. The molecule has 1 N–H and O–H groups in total. The van der Waals surface area contributed by atoms with E-state index in [-0.39, 0.29) is 11.3 Å². The van der Waals surface area contributed by atoms with E-state index in [1.165, 1.54) is 0 Å². The van der Waals surface area contributed by atoms with Crippen LogP contribution in [-0.2, 0) is 11.3 Å². The smallest absolute Gasteiger partial charge is 0.220 e. The lowest BCUT2D eigenvalue weighted by Gasteiger charge is -2.47. The van der Waals surface area contributed by atoms with Crippen molar-refractivity contribution in [2.45, 2.75) is 13.0 Å². The van der Waals surface area contributed by atoms with Crippen LogP contribution in [0.2, 0.25) is 5.02 Å². The molecule has 2 fully saturated rings. The number of hydrogen-bond donors (Lipinski definition) is 1. The van der Waals surface area contributed by atoms with Crippen LogP contribution in [0.1, 0.15) is 12.0 Å².